The average molecular weight is 147 g/mol. The molecule has 1 aliphatic rings. The van der Waals surface area contributed by atoms with E-state index in [-0.39, 0.29) is 10.0 Å². The fourth-order valence-electron chi connectivity index (χ4n) is 1.09. The van der Waals surface area contributed by atoms with E-state index in [0.717, 1.165) is 5.25 Å². The molecule has 0 unspecified atom stereocenters. The molecule has 1 rings (SSSR count). The molecule has 1 heterocycles. The van der Waals surface area contributed by atoms with E-state index in [9.17, 15) is 0 Å². The first-order valence-corrected chi connectivity index (χ1v) is 6.28. The predicted octanol–water partition coefficient (Wildman–Crippen LogP) is 0.994. The van der Waals surface area contributed by atoms with Crippen LogP contribution in [0.3, 0.4) is 0 Å². The fraction of sp³-hybridized carbons (Fsp3) is 1.00. The van der Waals surface area contributed by atoms with Crippen LogP contribution in [0, 0.1) is 0 Å². The Morgan fingerprint density at radius 1 is 1.22 bits per heavy atom. The van der Waals surface area contributed by atoms with E-state index < -0.39 is 0 Å². The van der Waals surface area contributed by atoms with Crippen molar-refractivity contribution in [3.63, 3.8) is 0 Å². The van der Waals surface area contributed by atoms with Gasteiger partial charge in [-0.1, -0.05) is 0 Å². The van der Waals surface area contributed by atoms with Crippen molar-refractivity contribution in [3.05, 3.63) is 0 Å². The molecule has 9 heavy (non-hydrogen) atoms. The van der Waals surface area contributed by atoms with Gasteiger partial charge in [-0.25, -0.2) is 10.0 Å². The van der Waals surface area contributed by atoms with Crippen molar-refractivity contribution in [2.75, 3.05) is 38.9 Å². The summed E-state index contributed by atoms with van der Waals surface area (Å²) >= 11 is 0. The van der Waals surface area contributed by atoms with Gasteiger partial charge in [-0.2, -0.15) is 0 Å². The maximum atomic E-state index is 2.41. The molecule has 0 aliphatic carbocycles. The van der Waals surface area contributed by atoms with Crippen LogP contribution in [0.15, 0.2) is 0 Å². The Kier molecular flexibility index (Phi) is 1.79. The smallest absolute Gasteiger partial charge is 0.0137 e. The summed E-state index contributed by atoms with van der Waals surface area (Å²) in [6.07, 6.45) is 7.22. The molecule has 0 aromatic carbocycles. The van der Waals surface area contributed by atoms with E-state index in [2.05, 4.69) is 30.7 Å². The summed E-state index contributed by atoms with van der Waals surface area (Å²) in [4.78, 5) is 2.39. The Bertz CT molecular complexity index is 100.0. The van der Waals surface area contributed by atoms with Gasteiger partial charge in [0.1, 0.15) is 0 Å². The van der Waals surface area contributed by atoms with Crippen LogP contribution in [-0.4, -0.2) is 49.1 Å². The van der Waals surface area contributed by atoms with Crippen molar-refractivity contribution >= 4 is 10.0 Å². The lowest BCUT2D eigenvalue weighted by molar-refractivity contribution is 0.237. The summed E-state index contributed by atoms with van der Waals surface area (Å²) in [6.45, 7) is 2.66. The van der Waals surface area contributed by atoms with Crippen LogP contribution >= 0.6 is 10.0 Å². The van der Waals surface area contributed by atoms with E-state index in [0.29, 0.717) is 0 Å². The topological polar surface area (TPSA) is 3.24 Å². The number of likely N-dealkylation sites (tertiary alicyclic amines) is 1. The molecule has 0 N–H and O–H groups in total. The number of nitrogens with zero attached hydrogens (tertiary/aromatic N) is 1. The second-order valence-corrected chi connectivity index (χ2v) is 8.31. The lowest BCUT2D eigenvalue weighted by Crippen LogP contribution is -2.50. The van der Waals surface area contributed by atoms with Crippen LogP contribution in [-0.2, 0) is 0 Å². The third kappa shape index (κ3) is 1.62. The quantitative estimate of drug-likeness (QED) is 0.535. The largest absolute Gasteiger partial charge is 0.304 e. The Morgan fingerprint density at radius 2 is 1.67 bits per heavy atom. The summed E-state index contributed by atoms with van der Waals surface area (Å²) in [5.74, 6) is 0. The summed E-state index contributed by atoms with van der Waals surface area (Å²) < 4.78 is 0. The van der Waals surface area contributed by atoms with Gasteiger partial charge in [-0.05, 0) is 25.8 Å². The monoisotopic (exact) mass is 147 g/mol. The highest BCUT2D eigenvalue weighted by Gasteiger charge is 2.30. The maximum Gasteiger partial charge on any atom is 0.0137 e. The molecule has 0 amide bonds. The van der Waals surface area contributed by atoms with Crippen LogP contribution in [0.2, 0.25) is 0 Å². The molecule has 1 fully saturated rings. The molecule has 0 bridgehead atoms. The molecular weight excluding hydrogens is 130 g/mol. The molecule has 0 aromatic rings. The molecule has 2 heteroatoms. The highest BCUT2D eigenvalue weighted by Crippen LogP contribution is 2.44. The molecule has 56 valence electrons. The van der Waals surface area contributed by atoms with Gasteiger partial charge >= 0.3 is 0 Å². The second-order valence-electron chi connectivity index (χ2n) is 3.78. The van der Waals surface area contributed by atoms with Gasteiger partial charge in [0.15, 0.2) is 0 Å². The van der Waals surface area contributed by atoms with Crippen molar-refractivity contribution in [2.45, 2.75) is 5.25 Å². The van der Waals surface area contributed by atoms with E-state index in [1.807, 2.05) is 0 Å². The number of hydrogen-bond donors (Lipinski definition) is 0. The first kappa shape index (κ1) is 7.42. The number of rotatable bonds is 1. The molecule has 0 radical (unpaired) electrons. The lowest BCUT2D eigenvalue weighted by Gasteiger charge is -2.47. The highest BCUT2D eigenvalue weighted by atomic mass is 32.3. The third-order valence-corrected chi connectivity index (χ3v) is 4.33. The van der Waals surface area contributed by atoms with Crippen molar-refractivity contribution in [1.29, 1.82) is 0 Å². The highest BCUT2D eigenvalue weighted by molar-refractivity contribution is 8.32. The molecular formula is C7H17NS. The van der Waals surface area contributed by atoms with Crippen molar-refractivity contribution in [3.8, 4) is 0 Å². The molecule has 1 saturated heterocycles. The molecule has 0 aromatic heterocycles. The molecule has 0 saturated carbocycles. The van der Waals surface area contributed by atoms with Gasteiger partial charge in [0.25, 0.3) is 0 Å². The molecule has 1 nitrogen and oxygen atoms in total. The van der Waals surface area contributed by atoms with Gasteiger partial charge < -0.3 is 4.90 Å². The van der Waals surface area contributed by atoms with Gasteiger partial charge in [0.2, 0.25) is 0 Å². The average Bonchev–Trinajstić information content (AvgIpc) is 1.55. The summed E-state index contributed by atoms with van der Waals surface area (Å²) in [6, 6.07) is 0. The van der Waals surface area contributed by atoms with E-state index in [1.165, 1.54) is 13.1 Å². The van der Waals surface area contributed by atoms with Crippen molar-refractivity contribution < 1.29 is 0 Å². The fourth-order valence-corrected chi connectivity index (χ4v) is 2.49. The van der Waals surface area contributed by atoms with Crippen LogP contribution < -0.4 is 0 Å². The Hall–Kier alpha value is 0.310. The SMILES string of the molecule is CN1CC(S(C)(C)C)C1. The Labute approximate surface area is 59.7 Å². The maximum absolute atomic E-state index is 2.41. The predicted molar refractivity (Wildman–Crippen MR) is 46.6 cm³/mol. The zero-order valence-corrected chi connectivity index (χ0v) is 7.66. The van der Waals surface area contributed by atoms with Crippen LogP contribution in [0.5, 0.6) is 0 Å². The van der Waals surface area contributed by atoms with E-state index in [4.69, 9.17) is 0 Å². The minimum absolute atomic E-state index is 0.241. The third-order valence-electron chi connectivity index (χ3n) is 2.03. The molecule has 0 spiro atoms. The van der Waals surface area contributed by atoms with E-state index >= 15 is 0 Å². The summed E-state index contributed by atoms with van der Waals surface area (Å²) in [5, 5.41) is 1.02. The standard InChI is InChI=1S/C7H17NS/c1-8-5-7(6-8)9(2,3)4/h7H,5-6H2,1-4H3. The van der Waals surface area contributed by atoms with Crippen molar-refractivity contribution in [2.24, 2.45) is 0 Å². The zero-order valence-electron chi connectivity index (χ0n) is 6.85. The van der Waals surface area contributed by atoms with Gasteiger partial charge in [-0.15, -0.1) is 0 Å². The van der Waals surface area contributed by atoms with Crippen LogP contribution in [0.25, 0.3) is 0 Å². The Morgan fingerprint density at radius 3 is 1.78 bits per heavy atom. The van der Waals surface area contributed by atoms with Crippen LogP contribution in [0.1, 0.15) is 0 Å². The molecule has 0 atom stereocenters. The summed E-state index contributed by atoms with van der Waals surface area (Å²) in [5.41, 5.74) is 0. The number of hydrogen-bond acceptors (Lipinski definition) is 1. The van der Waals surface area contributed by atoms with Gasteiger partial charge in [-0.3, -0.25) is 0 Å². The van der Waals surface area contributed by atoms with E-state index in [1.54, 1.807) is 0 Å². The summed E-state index contributed by atoms with van der Waals surface area (Å²) in [7, 11) is 1.96. The second kappa shape index (κ2) is 2.17. The minimum atomic E-state index is -0.241. The normalized spacial score (nSPS) is 25.8. The first-order valence-electron chi connectivity index (χ1n) is 3.36. The minimum Gasteiger partial charge on any atom is -0.304 e. The first-order chi connectivity index (χ1) is 4.00. The zero-order chi connectivity index (χ0) is 7.07. The Balaban J connectivity index is 2.32. The van der Waals surface area contributed by atoms with Crippen LogP contribution in [0.4, 0.5) is 0 Å². The molecule has 1 aliphatic heterocycles. The van der Waals surface area contributed by atoms with Crippen molar-refractivity contribution in [1.82, 2.24) is 4.90 Å². The lowest BCUT2D eigenvalue weighted by atomic mass is 10.2. The van der Waals surface area contributed by atoms with Gasteiger partial charge in [0.05, 0.1) is 0 Å². The van der Waals surface area contributed by atoms with Gasteiger partial charge in [0, 0.05) is 18.3 Å².